The van der Waals surface area contributed by atoms with Crippen molar-refractivity contribution in [2.75, 3.05) is 11.9 Å². The van der Waals surface area contributed by atoms with Gasteiger partial charge in [-0.2, -0.15) is 5.10 Å². The summed E-state index contributed by atoms with van der Waals surface area (Å²) in [4.78, 5) is 22.1. The maximum atomic E-state index is 11.6. The Hall–Kier alpha value is -2.91. The van der Waals surface area contributed by atoms with Crippen LogP contribution >= 0.6 is 0 Å². The van der Waals surface area contributed by atoms with E-state index in [0.29, 0.717) is 18.8 Å². The van der Waals surface area contributed by atoms with Crippen molar-refractivity contribution in [1.29, 1.82) is 0 Å². The van der Waals surface area contributed by atoms with Gasteiger partial charge >= 0.3 is 12.0 Å². The first-order valence-electron chi connectivity index (χ1n) is 6.26. The number of urea groups is 1. The lowest BCUT2D eigenvalue weighted by Crippen LogP contribution is -2.30. The van der Waals surface area contributed by atoms with Crippen LogP contribution in [0, 0.1) is 0 Å². The number of carbonyl (C=O) groups excluding carboxylic acids is 1. The Labute approximate surface area is 119 Å². The minimum Gasteiger partial charge on any atom is -0.480 e. The molecule has 0 unspecified atom stereocenters. The molecule has 0 aliphatic rings. The molecule has 0 aromatic carbocycles. The number of carboxylic acids is 1. The third-order valence-corrected chi connectivity index (χ3v) is 2.51. The second-order valence-corrected chi connectivity index (χ2v) is 4.22. The summed E-state index contributed by atoms with van der Waals surface area (Å²) < 4.78 is 2.90. The van der Waals surface area contributed by atoms with Crippen molar-refractivity contribution in [2.45, 2.75) is 19.5 Å². The fraction of sp³-hybridized carbons (Fsp3) is 0.364. The normalized spacial score (nSPS) is 10.3. The van der Waals surface area contributed by atoms with E-state index in [1.54, 1.807) is 17.1 Å². The Morgan fingerprint density at radius 1 is 1.33 bits per heavy atom. The number of carboxylic acid groups (broad SMARTS) is 1. The number of hydrogen-bond donors (Lipinski definition) is 3. The molecular weight excluding hydrogens is 278 g/mol. The van der Waals surface area contributed by atoms with Gasteiger partial charge in [-0.3, -0.25) is 14.2 Å². The van der Waals surface area contributed by atoms with Gasteiger partial charge in [-0.25, -0.2) is 4.79 Å². The van der Waals surface area contributed by atoms with E-state index in [-0.39, 0.29) is 12.6 Å². The highest BCUT2D eigenvalue weighted by atomic mass is 16.4. The molecule has 0 radical (unpaired) electrons. The van der Waals surface area contributed by atoms with Crippen LogP contribution in [0.15, 0.2) is 24.8 Å². The molecule has 2 amide bonds. The van der Waals surface area contributed by atoms with Gasteiger partial charge in [0.05, 0.1) is 18.1 Å². The lowest BCUT2D eigenvalue weighted by atomic mass is 10.4. The van der Waals surface area contributed by atoms with Crippen molar-refractivity contribution in [3.63, 3.8) is 0 Å². The van der Waals surface area contributed by atoms with Crippen molar-refractivity contribution in [3.8, 4) is 0 Å². The van der Waals surface area contributed by atoms with E-state index in [1.165, 1.54) is 17.1 Å². The van der Waals surface area contributed by atoms with E-state index in [9.17, 15) is 9.59 Å². The third-order valence-electron chi connectivity index (χ3n) is 2.51. The summed E-state index contributed by atoms with van der Waals surface area (Å²) in [5.74, 6) is -0.998. The monoisotopic (exact) mass is 293 g/mol. The molecule has 0 saturated heterocycles. The third kappa shape index (κ3) is 4.93. The molecule has 10 nitrogen and oxygen atoms in total. The predicted octanol–water partition coefficient (Wildman–Crippen LogP) is -0.229. The van der Waals surface area contributed by atoms with Gasteiger partial charge in [0.1, 0.15) is 6.54 Å². The van der Waals surface area contributed by atoms with Gasteiger partial charge in [-0.1, -0.05) is 5.21 Å². The van der Waals surface area contributed by atoms with Crippen LogP contribution < -0.4 is 10.6 Å². The Balaban J connectivity index is 1.67. The molecular formula is C11H15N7O3. The summed E-state index contributed by atoms with van der Waals surface area (Å²) in [6, 6.07) is -0.372. The summed E-state index contributed by atoms with van der Waals surface area (Å²) in [5, 5.41) is 25.2. The van der Waals surface area contributed by atoms with Crippen LogP contribution in [-0.4, -0.2) is 48.4 Å². The van der Waals surface area contributed by atoms with Crippen LogP contribution in [0.2, 0.25) is 0 Å². The lowest BCUT2D eigenvalue weighted by Gasteiger charge is -2.05. The SMILES string of the molecule is O=C(O)Cn1cc(NC(=O)NCCCn2ccnn2)cn1. The first-order chi connectivity index (χ1) is 10.1. The number of aryl methyl sites for hydroxylation is 1. The number of nitrogens with one attached hydrogen (secondary N) is 2. The first-order valence-corrected chi connectivity index (χ1v) is 6.26. The molecule has 0 saturated carbocycles. The van der Waals surface area contributed by atoms with Crippen molar-refractivity contribution in [2.24, 2.45) is 0 Å². The van der Waals surface area contributed by atoms with Crippen molar-refractivity contribution < 1.29 is 14.7 Å². The second kappa shape index (κ2) is 7.03. The molecule has 2 aromatic rings. The molecule has 0 aliphatic heterocycles. The smallest absolute Gasteiger partial charge is 0.325 e. The number of aromatic nitrogens is 5. The molecule has 0 spiro atoms. The summed E-state index contributed by atoms with van der Waals surface area (Å²) in [7, 11) is 0. The number of anilines is 1. The molecule has 0 aliphatic carbocycles. The fourth-order valence-corrected chi connectivity index (χ4v) is 1.62. The molecule has 0 fully saturated rings. The largest absolute Gasteiger partial charge is 0.480 e. The standard InChI is InChI=1S/C11H15N7O3/c19-10(20)8-18-7-9(6-14-18)15-11(21)12-2-1-4-17-5-3-13-16-17/h3,5-7H,1-2,4,8H2,(H,19,20)(H2,12,15,21). The zero-order valence-electron chi connectivity index (χ0n) is 11.1. The molecule has 2 aromatic heterocycles. The van der Waals surface area contributed by atoms with Crippen molar-refractivity contribution in [3.05, 3.63) is 24.8 Å². The second-order valence-electron chi connectivity index (χ2n) is 4.22. The molecule has 3 N–H and O–H groups in total. The number of carbonyl (C=O) groups is 2. The van der Waals surface area contributed by atoms with Crippen LogP contribution in [0.4, 0.5) is 10.5 Å². The minimum atomic E-state index is -0.998. The molecule has 21 heavy (non-hydrogen) atoms. The Bertz CT molecular complexity index is 593. The Morgan fingerprint density at radius 2 is 2.19 bits per heavy atom. The van der Waals surface area contributed by atoms with E-state index >= 15 is 0 Å². The maximum absolute atomic E-state index is 11.6. The summed E-state index contributed by atoms with van der Waals surface area (Å²) >= 11 is 0. The van der Waals surface area contributed by atoms with Crippen LogP contribution in [-0.2, 0) is 17.9 Å². The van der Waals surface area contributed by atoms with Crippen molar-refractivity contribution in [1.82, 2.24) is 30.1 Å². The van der Waals surface area contributed by atoms with Gasteiger partial charge in [-0.15, -0.1) is 5.10 Å². The fourth-order valence-electron chi connectivity index (χ4n) is 1.62. The van der Waals surface area contributed by atoms with E-state index in [0.717, 1.165) is 6.42 Å². The number of hydrogen-bond acceptors (Lipinski definition) is 5. The summed E-state index contributed by atoms with van der Waals surface area (Å²) in [6.07, 6.45) is 6.89. The van der Waals surface area contributed by atoms with Crippen LogP contribution in [0.5, 0.6) is 0 Å². The maximum Gasteiger partial charge on any atom is 0.325 e. The van der Waals surface area contributed by atoms with E-state index in [1.807, 2.05) is 0 Å². The number of amides is 2. The van der Waals surface area contributed by atoms with Crippen LogP contribution in [0.1, 0.15) is 6.42 Å². The highest BCUT2D eigenvalue weighted by Crippen LogP contribution is 2.04. The molecule has 112 valence electrons. The van der Waals surface area contributed by atoms with Crippen LogP contribution in [0.3, 0.4) is 0 Å². The van der Waals surface area contributed by atoms with Gasteiger partial charge in [0.15, 0.2) is 0 Å². The molecule has 10 heteroatoms. The van der Waals surface area contributed by atoms with Gasteiger partial charge in [-0.05, 0) is 6.42 Å². The lowest BCUT2D eigenvalue weighted by molar-refractivity contribution is -0.137. The van der Waals surface area contributed by atoms with Crippen molar-refractivity contribution >= 4 is 17.7 Å². The average Bonchev–Trinajstić information content (AvgIpc) is 3.06. The zero-order chi connectivity index (χ0) is 15.1. The highest BCUT2D eigenvalue weighted by Gasteiger charge is 2.05. The van der Waals surface area contributed by atoms with Crippen LogP contribution in [0.25, 0.3) is 0 Å². The van der Waals surface area contributed by atoms with Gasteiger partial charge in [0, 0.05) is 25.5 Å². The summed E-state index contributed by atoms with van der Waals surface area (Å²) in [5.41, 5.74) is 0.435. The quantitative estimate of drug-likeness (QED) is 0.605. The Kier molecular flexibility index (Phi) is 4.85. The summed E-state index contributed by atoms with van der Waals surface area (Å²) in [6.45, 7) is 0.896. The molecule has 2 heterocycles. The number of aliphatic carboxylic acids is 1. The number of rotatable bonds is 7. The molecule has 2 rings (SSSR count). The van der Waals surface area contributed by atoms with Gasteiger partial charge in [0.2, 0.25) is 0 Å². The van der Waals surface area contributed by atoms with Gasteiger partial charge in [0.25, 0.3) is 0 Å². The molecule has 0 atom stereocenters. The Morgan fingerprint density at radius 3 is 2.90 bits per heavy atom. The highest BCUT2D eigenvalue weighted by molar-refractivity contribution is 5.88. The minimum absolute atomic E-state index is 0.249. The zero-order valence-corrected chi connectivity index (χ0v) is 11.1. The predicted molar refractivity (Wildman–Crippen MR) is 71.5 cm³/mol. The number of nitrogens with zero attached hydrogens (tertiary/aromatic N) is 5. The first kappa shape index (κ1) is 14.5. The molecule has 0 bridgehead atoms. The van der Waals surface area contributed by atoms with E-state index < -0.39 is 5.97 Å². The topological polar surface area (TPSA) is 127 Å². The van der Waals surface area contributed by atoms with E-state index in [2.05, 4.69) is 26.0 Å². The average molecular weight is 293 g/mol. The van der Waals surface area contributed by atoms with E-state index in [4.69, 9.17) is 5.11 Å². The van der Waals surface area contributed by atoms with Gasteiger partial charge < -0.3 is 15.7 Å².